The monoisotopic (exact) mass is 518 g/mol. The Morgan fingerprint density at radius 2 is 1.72 bits per heavy atom. The number of hydrogen-bond donors (Lipinski definition) is 0. The highest BCUT2D eigenvalue weighted by Gasteiger charge is 2.45. The number of nitrogens with zero attached hydrogens (tertiary/aromatic N) is 2. The second kappa shape index (κ2) is 9.26. The molecule has 0 N–H and O–H groups in total. The van der Waals surface area contributed by atoms with Crippen molar-refractivity contribution in [1.82, 2.24) is 4.90 Å². The lowest BCUT2D eigenvalue weighted by Gasteiger charge is -2.32. The maximum absolute atomic E-state index is 13.8. The summed E-state index contributed by atoms with van der Waals surface area (Å²) in [4.78, 5) is 28.0. The summed E-state index contributed by atoms with van der Waals surface area (Å²) in [5.74, 6) is -1.12. The number of rotatable bonds is 4. The summed E-state index contributed by atoms with van der Waals surface area (Å²) >= 11 is 6.29. The minimum atomic E-state index is -3.38. The van der Waals surface area contributed by atoms with Gasteiger partial charge in [-0.2, -0.15) is 5.26 Å². The predicted octanol–water partition coefficient (Wildman–Crippen LogP) is 4.52. The quantitative estimate of drug-likeness (QED) is 0.371. The van der Waals surface area contributed by atoms with Gasteiger partial charge in [0.15, 0.2) is 9.84 Å². The summed E-state index contributed by atoms with van der Waals surface area (Å²) < 4.78 is 30.2. The highest BCUT2D eigenvalue weighted by molar-refractivity contribution is 7.91. The first-order valence-electron chi connectivity index (χ1n) is 11.1. The number of amides is 2. The van der Waals surface area contributed by atoms with E-state index in [-0.39, 0.29) is 34.6 Å². The predicted molar refractivity (Wildman–Crippen MR) is 135 cm³/mol. The first-order valence-corrected chi connectivity index (χ1v) is 13.3. The lowest BCUT2D eigenvalue weighted by Crippen LogP contribution is -2.49. The van der Waals surface area contributed by atoms with Crippen LogP contribution >= 0.6 is 11.6 Å². The number of carbonyl (C=O) groups is 2. The van der Waals surface area contributed by atoms with E-state index < -0.39 is 27.7 Å². The third-order valence-corrected chi connectivity index (χ3v) is 8.28. The van der Waals surface area contributed by atoms with Crippen LogP contribution in [0.1, 0.15) is 17.7 Å². The van der Waals surface area contributed by atoms with Crippen molar-refractivity contribution in [2.24, 2.45) is 0 Å². The van der Waals surface area contributed by atoms with Crippen molar-refractivity contribution in [1.29, 1.82) is 5.26 Å². The van der Waals surface area contributed by atoms with Gasteiger partial charge in [0.2, 0.25) is 0 Å². The maximum Gasteiger partial charge on any atom is 0.272 e. The standard InChI is InChI=1S/C27H19ClN2O5S/c28-23-9-5-4-8-20(23)24-11-10-19(35-24)14-21-25(17-6-2-1-3-7-17)22(15-29)27(32)30(26(21)31)18-12-13-36(33,34)16-18/h1-11,14,18H,12-13,16H2/b21-14+. The van der Waals surface area contributed by atoms with Crippen LogP contribution in [0.15, 0.2) is 82.3 Å². The molecule has 7 nitrogen and oxygen atoms in total. The maximum atomic E-state index is 13.8. The minimum Gasteiger partial charge on any atom is -0.457 e. The fraction of sp³-hybridized carbons (Fsp3) is 0.148. The Bertz CT molecular complexity index is 1600. The largest absolute Gasteiger partial charge is 0.457 e. The summed E-state index contributed by atoms with van der Waals surface area (Å²) in [5.41, 5.74) is 1.21. The first-order chi connectivity index (χ1) is 17.3. The van der Waals surface area contributed by atoms with Gasteiger partial charge in [-0.05, 0) is 42.3 Å². The molecular weight excluding hydrogens is 500 g/mol. The smallest absolute Gasteiger partial charge is 0.272 e. The molecule has 0 spiro atoms. The average molecular weight is 519 g/mol. The molecule has 36 heavy (non-hydrogen) atoms. The van der Waals surface area contributed by atoms with E-state index in [4.69, 9.17) is 16.0 Å². The van der Waals surface area contributed by atoms with Gasteiger partial charge < -0.3 is 4.42 Å². The van der Waals surface area contributed by atoms with Crippen LogP contribution in [0.4, 0.5) is 0 Å². The van der Waals surface area contributed by atoms with E-state index in [1.807, 2.05) is 12.1 Å². The normalized spacial score (nSPS) is 20.7. The van der Waals surface area contributed by atoms with Gasteiger partial charge in [-0.25, -0.2) is 8.42 Å². The van der Waals surface area contributed by atoms with Crippen LogP contribution in [0.3, 0.4) is 0 Å². The van der Waals surface area contributed by atoms with E-state index in [0.717, 1.165) is 4.90 Å². The third-order valence-electron chi connectivity index (χ3n) is 6.20. The van der Waals surface area contributed by atoms with E-state index in [2.05, 4.69) is 0 Å². The molecule has 2 aliphatic heterocycles. The van der Waals surface area contributed by atoms with Gasteiger partial charge in [-0.3, -0.25) is 14.5 Å². The Balaban J connectivity index is 1.66. The number of benzene rings is 2. The molecule has 1 aromatic heterocycles. The fourth-order valence-corrected chi connectivity index (χ4v) is 6.45. The highest BCUT2D eigenvalue weighted by atomic mass is 35.5. The molecule has 2 aliphatic rings. The van der Waals surface area contributed by atoms with Crippen molar-refractivity contribution in [3.8, 4) is 17.4 Å². The summed E-state index contributed by atoms with van der Waals surface area (Å²) in [6, 6.07) is 20.3. The Labute approximate surface area is 212 Å². The van der Waals surface area contributed by atoms with Crippen LogP contribution < -0.4 is 0 Å². The topological polar surface area (TPSA) is 108 Å². The Morgan fingerprint density at radius 1 is 1.00 bits per heavy atom. The molecule has 180 valence electrons. The average Bonchev–Trinajstić information content (AvgIpc) is 3.47. The number of imide groups is 1. The van der Waals surface area contributed by atoms with Crippen LogP contribution in [0.5, 0.6) is 0 Å². The van der Waals surface area contributed by atoms with Gasteiger partial charge in [-0.1, -0.05) is 54.1 Å². The zero-order valence-electron chi connectivity index (χ0n) is 18.8. The van der Waals surface area contributed by atoms with Crippen molar-refractivity contribution in [3.63, 3.8) is 0 Å². The molecule has 3 heterocycles. The molecule has 3 aromatic rings. The molecule has 5 rings (SSSR count). The van der Waals surface area contributed by atoms with E-state index in [1.54, 1.807) is 60.7 Å². The van der Waals surface area contributed by atoms with Crippen LogP contribution in [0.25, 0.3) is 23.0 Å². The zero-order valence-corrected chi connectivity index (χ0v) is 20.4. The van der Waals surface area contributed by atoms with Gasteiger partial charge in [0, 0.05) is 11.1 Å². The first kappa shape index (κ1) is 23.8. The summed E-state index contributed by atoms with van der Waals surface area (Å²) in [5, 5.41) is 10.5. The summed E-state index contributed by atoms with van der Waals surface area (Å²) in [6.45, 7) is 0. The van der Waals surface area contributed by atoms with E-state index in [0.29, 0.717) is 27.7 Å². The zero-order chi connectivity index (χ0) is 25.4. The molecule has 0 radical (unpaired) electrons. The van der Waals surface area contributed by atoms with Gasteiger partial charge in [0.1, 0.15) is 23.2 Å². The van der Waals surface area contributed by atoms with Gasteiger partial charge in [0.05, 0.1) is 28.1 Å². The van der Waals surface area contributed by atoms with Crippen LogP contribution in [-0.4, -0.2) is 42.7 Å². The Morgan fingerprint density at radius 3 is 2.39 bits per heavy atom. The molecule has 0 bridgehead atoms. The SMILES string of the molecule is N#CC1=C(c2ccccc2)/C(=C\c2ccc(-c3ccccc3Cl)o2)C(=O)N(C2CCS(=O)(=O)C2)C1=O. The van der Waals surface area contributed by atoms with Crippen molar-refractivity contribution >= 4 is 44.9 Å². The molecule has 1 fully saturated rings. The van der Waals surface area contributed by atoms with E-state index in [1.165, 1.54) is 6.08 Å². The number of carbonyl (C=O) groups excluding carboxylic acids is 2. The van der Waals surface area contributed by atoms with E-state index >= 15 is 0 Å². The second-order valence-corrected chi connectivity index (χ2v) is 11.1. The molecule has 2 aromatic carbocycles. The molecule has 1 unspecified atom stereocenters. The Kier molecular flexibility index (Phi) is 6.12. The van der Waals surface area contributed by atoms with Crippen LogP contribution in [0.2, 0.25) is 5.02 Å². The molecule has 1 atom stereocenters. The highest BCUT2D eigenvalue weighted by Crippen LogP contribution is 2.38. The van der Waals surface area contributed by atoms with Crippen molar-refractivity contribution in [3.05, 3.63) is 94.2 Å². The summed E-state index contributed by atoms with van der Waals surface area (Å²) in [6.07, 6.45) is 1.61. The van der Waals surface area contributed by atoms with Crippen molar-refractivity contribution in [2.75, 3.05) is 11.5 Å². The fourth-order valence-electron chi connectivity index (χ4n) is 4.52. The lowest BCUT2D eigenvalue weighted by atomic mass is 9.87. The number of hydrogen-bond acceptors (Lipinski definition) is 6. The van der Waals surface area contributed by atoms with Crippen LogP contribution in [-0.2, 0) is 19.4 Å². The van der Waals surface area contributed by atoms with Crippen molar-refractivity contribution in [2.45, 2.75) is 12.5 Å². The third kappa shape index (κ3) is 4.28. The van der Waals surface area contributed by atoms with Gasteiger partial charge >= 0.3 is 0 Å². The lowest BCUT2D eigenvalue weighted by molar-refractivity contribution is -0.142. The molecule has 9 heteroatoms. The Hall–Kier alpha value is -3.93. The molecule has 0 saturated carbocycles. The summed E-state index contributed by atoms with van der Waals surface area (Å²) in [7, 11) is -3.38. The molecule has 0 aliphatic carbocycles. The van der Waals surface area contributed by atoms with Crippen molar-refractivity contribution < 1.29 is 22.4 Å². The minimum absolute atomic E-state index is 0.0710. The van der Waals surface area contributed by atoms with Crippen LogP contribution in [0, 0.1) is 11.3 Å². The van der Waals surface area contributed by atoms with Gasteiger partial charge in [0.25, 0.3) is 11.8 Å². The number of furan rings is 1. The number of halogens is 1. The molecule has 2 amide bonds. The second-order valence-electron chi connectivity index (χ2n) is 8.50. The van der Waals surface area contributed by atoms with Gasteiger partial charge in [-0.15, -0.1) is 0 Å². The number of nitriles is 1. The van der Waals surface area contributed by atoms with E-state index in [9.17, 15) is 23.3 Å². The number of sulfone groups is 1. The molecular formula is C27H19ClN2O5S. The molecule has 1 saturated heterocycles.